The smallest absolute Gasteiger partial charge is 0.292 e. The Hall–Kier alpha value is -2.37. The second kappa shape index (κ2) is 6.40. The van der Waals surface area contributed by atoms with Gasteiger partial charge in [-0.05, 0) is 30.3 Å². The maximum Gasteiger partial charge on any atom is 0.292 e. The number of para-hydroxylation sites is 2. The first kappa shape index (κ1) is 15.5. The number of ketones is 1. The SMILES string of the molecule is O=C(Cc1nc2ccccc2o1)C(=O)Nc1ccc(Cl)cc1Cl. The standard InChI is InChI=1S/C16H10Cl2N2O3/c17-9-5-6-11(10(18)7-9)20-16(22)13(21)8-15-19-12-3-1-2-4-14(12)23-15/h1-7H,8H2,(H,20,22). The number of nitrogens with zero attached hydrogens (tertiary/aromatic N) is 1. The number of fused-ring (bicyclic) bond motifs is 1. The zero-order valence-corrected chi connectivity index (χ0v) is 13.2. The van der Waals surface area contributed by atoms with Gasteiger partial charge in [-0.15, -0.1) is 0 Å². The van der Waals surface area contributed by atoms with Crippen LogP contribution in [-0.2, 0) is 16.0 Å². The molecule has 0 aliphatic heterocycles. The Balaban J connectivity index is 1.71. The topological polar surface area (TPSA) is 72.2 Å². The van der Waals surface area contributed by atoms with Crippen molar-refractivity contribution in [3.8, 4) is 0 Å². The number of benzene rings is 2. The first-order valence-corrected chi connectivity index (χ1v) is 7.42. The average molecular weight is 349 g/mol. The molecule has 0 fully saturated rings. The zero-order chi connectivity index (χ0) is 16.4. The molecule has 1 heterocycles. The molecule has 0 aliphatic carbocycles. The van der Waals surface area contributed by atoms with Crippen LogP contribution in [0.1, 0.15) is 5.89 Å². The van der Waals surface area contributed by atoms with E-state index in [1.165, 1.54) is 12.1 Å². The van der Waals surface area contributed by atoms with Gasteiger partial charge in [-0.3, -0.25) is 9.59 Å². The first-order valence-electron chi connectivity index (χ1n) is 6.66. The maximum atomic E-state index is 12.0. The van der Waals surface area contributed by atoms with Crippen LogP contribution in [0.4, 0.5) is 5.69 Å². The molecule has 1 N–H and O–H groups in total. The number of halogens is 2. The first-order chi connectivity index (χ1) is 11.0. The van der Waals surface area contributed by atoms with Gasteiger partial charge in [-0.1, -0.05) is 35.3 Å². The van der Waals surface area contributed by atoms with Gasteiger partial charge < -0.3 is 9.73 Å². The molecule has 0 spiro atoms. The summed E-state index contributed by atoms with van der Waals surface area (Å²) in [6.07, 6.45) is -0.230. The largest absolute Gasteiger partial charge is 0.440 e. The van der Waals surface area contributed by atoms with Crippen LogP contribution in [0.2, 0.25) is 10.0 Å². The van der Waals surface area contributed by atoms with Crippen LogP contribution >= 0.6 is 23.2 Å². The van der Waals surface area contributed by atoms with Crippen LogP contribution < -0.4 is 5.32 Å². The van der Waals surface area contributed by atoms with E-state index < -0.39 is 11.7 Å². The minimum atomic E-state index is -0.795. The molecule has 7 heteroatoms. The van der Waals surface area contributed by atoms with Crippen LogP contribution in [0.25, 0.3) is 11.1 Å². The Bertz CT molecular complexity index is 872. The van der Waals surface area contributed by atoms with E-state index in [2.05, 4.69) is 10.3 Å². The van der Waals surface area contributed by atoms with E-state index in [-0.39, 0.29) is 17.3 Å². The van der Waals surface area contributed by atoms with Gasteiger partial charge in [0.2, 0.25) is 11.7 Å². The zero-order valence-electron chi connectivity index (χ0n) is 11.7. The lowest BCUT2D eigenvalue weighted by Crippen LogP contribution is -2.24. The van der Waals surface area contributed by atoms with E-state index in [1.54, 1.807) is 24.3 Å². The second-order valence-electron chi connectivity index (χ2n) is 4.75. The molecular weight excluding hydrogens is 339 g/mol. The van der Waals surface area contributed by atoms with Gasteiger partial charge in [0.15, 0.2) is 5.58 Å². The molecule has 0 bridgehead atoms. The minimum absolute atomic E-state index is 0.188. The second-order valence-corrected chi connectivity index (χ2v) is 5.60. The lowest BCUT2D eigenvalue weighted by atomic mass is 10.2. The number of amides is 1. The number of rotatable bonds is 4. The summed E-state index contributed by atoms with van der Waals surface area (Å²) in [6.45, 7) is 0. The number of anilines is 1. The van der Waals surface area contributed by atoms with Gasteiger partial charge in [-0.25, -0.2) is 4.98 Å². The molecule has 0 saturated carbocycles. The Kier molecular flexibility index (Phi) is 4.32. The van der Waals surface area contributed by atoms with Gasteiger partial charge >= 0.3 is 0 Å². The van der Waals surface area contributed by atoms with E-state index in [4.69, 9.17) is 27.6 Å². The third-order valence-electron chi connectivity index (χ3n) is 3.08. The van der Waals surface area contributed by atoms with Gasteiger partial charge in [-0.2, -0.15) is 0 Å². The van der Waals surface area contributed by atoms with Crippen LogP contribution in [0.5, 0.6) is 0 Å². The maximum absolute atomic E-state index is 12.0. The van der Waals surface area contributed by atoms with Crippen LogP contribution in [0, 0.1) is 0 Å². The molecule has 3 aromatic rings. The third-order valence-corrected chi connectivity index (χ3v) is 3.63. The summed E-state index contributed by atoms with van der Waals surface area (Å²) in [7, 11) is 0. The Labute approximate surface area is 141 Å². The summed E-state index contributed by atoms with van der Waals surface area (Å²) in [5.74, 6) is -1.28. The molecule has 0 saturated heterocycles. The van der Waals surface area contributed by atoms with Crippen molar-refractivity contribution in [1.82, 2.24) is 4.98 Å². The highest BCUT2D eigenvalue weighted by Gasteiger charge is 2.19. The molecule has 1 aromatic heterocycles. The molecule has 2 aromatic carbocycles. The van der Waals surface area contributed by atoms with Crippen LogP contribution in [-0.4, -0.2) is 16.7 Å². The monoisotopic (exact) mass is 348 g/mol. The normalized spacial score (nSPS) is 10.7. The number of Topliss-reactive ketones (excluding diaryl/α,β-unsaturated/α-hetero) is 1. The third kappa shape index (κ3) is 3.52. The summed E-state index contributed by atoms with van der Waals surface area (Å²) in [6, 6.07) is 11.7. The van der Waals surface area contributed by atoms with E-state index in [1.807, 2.05) is 6.07 Å². The molecule has 0 atom stereocenters. The van der Waals surface area contributed by atoms with Crippen molar-refractivity contribution >= 4 is 51.7 Å². The molecule has 5 nitrogen and oxygen atoms in total. The molecule has 1 amide bonds. The Morgan fingerprint density at radius 3 is 2.65 bits per heavy atom. The fraction of sp³-hybridized carbons (Fsp3) is 0.0625. The van der Waals surface area contributed by atoms with Gasteiger partial charge in [0.25, 0.3) is 5.91 Å². The number of carbonyl (C=O) groups excluding carboxylic acids is 2. The van der Waals surface area contributed by atoms with Crippen molar-refractivity contribution in [2.24, 2.45) is 0 Å². The van der Waals surface area contributed by atoms with Gasteiger partial charge in [0.1, 0.15) is 5.52 Å². The molecular formula is C16H10Cl2N2O3. The number of nitrogens with one attached hydrogen (secondary N) is 1. The molecule has 116 valence electrons. The predicted octanol–water partition coefficient (Wildman–Crippen LogP) is 3.88. The summed E-state index contributed by atoms with van der Waals surface area (Å²) in [5.41, 5.74) is 1.51. The van der Waals surface area contributed by atoms with Crippen molar-refractivity contribution in [2.75, 3.05) is 5.32 Å². The predicted molar refractivity (Wildman–Crippen MR) is 87.8 cm³/mol. The van der Waals surface area contributed by atoms with Crippen molar-refractivity contribution in [3.05, 3.63) is 58.4 Å². The van der Waals surface area contributed by atoms with Crippen molar-refractivity contribution < 1.29 is 14.0 Å². The lowest BCUT2D eigenvalue weighted by molar-refractivity contribution is -0.134. The molecule has 23 heavy (non-hydrogen) atoms. The number of hydrogen-bond donors (Lipinski definition) is 1. The van der Waals surface area contributed by atoms with E-state index >= 15 is 0 Å². The van der Waals surface area contributed by atoms with Gasteiger partial charge in [0.05, 0.1) is 17.1 Å². The summed E-state index contributed by atoms with van der Waals surface area (Å²) in [5, 5.41) is 3.13. The summed E-state index contributed by atoms with van der Waals surface area (Å²) < 4.78 is 5.42. The van der Waals surface area contributed by atoms with E-state index in [0.717, 1.165) is 0 Å². The van der Waals surface area contributed by atoms with Crippen molar-refractivity contribution in [2.45, 2.75) is 6.42 Å². The molecule has 3 rings (SSSR count). The lowest BCUT2D eigenvalue weighted by Gasteiger charge is -2.06. The number of oxazole rings is 1. The van der Waals surface area contributed by atoms with Crippen LogP contribution in [0.3, 0.4) is 0 Å². The summed E-state index contributed by atoms with van der Waals surface area (Å²) >= 11 is 11.7. The molecule has 0 radical (unpaired) electrons. The number of hydrogen-bond acceptors (Lipinski definition) is 4. The fourth-order valence-electron chi connectivity index (χ4n) is 2.00. The Morgan fingerprint density at radius 1 is 1.13 bits per heavy atom. The number of aromatic nitrogens is 1. The fourth-order valence-corrected chi connectivity index (χ4v) is 2.45. The summed E-state index contributed by atoms with van der Waals surface area (Å²) in [4.78, 5) is 28.1. The quantitative estimate of drug-likeness (QED) is 0.726. The van der Waals surface area contributed by atoms with Crippen molar-refractivity contribution in [1.29, 1.82) is 0 Å². The number of carbonyl (C=O) groups is 2. The van der Waals surface area contributed by atoms with Crippen molar-refractivity contribution in [3.63, 3.8) is 0 Å². The highest BCUT2D eigenvalue weighted by Crippen LogP contribution is 2.25. The highest BCUT2D eigenvalue weighted by molar-refractivity contribution is 6.43. The van der Waals surface area contributed by atoms with Gasteiger partial charge in [0, 0.05) is 5.02 Å². The molecule has 0 aliphatic rings. The average Bonchev–Trinajstić information content (AvgIpc) is 2.92. The van der Waals surface area contributed by atoms with E-state index in [9.17, 15) is 9.59 Å². The molecule has 0 unspecified atom stereocenters. The minimum Gasteiger partial charge on any atom is -0.440 e. The Morgan fingerprint density at radius 2 is 1.91 bits per heavy atom. The van der Waals surface area contributed by atoms with Crippen LogP contribution in [0.15, 0.2) is 46.9 Å². The highest BCUT2D eigenvalue weighted by atomic mass is 35.5. The van der Waals surface area contributed by atoms with E-state index in [0.29, 0.717) is 21.8 Å².